The van der Waals surface area contributed by atoms with Gasteiger partial charge in [-0.2, -0.15) is 0 Å². The average molecular weight is 310 g/mol. The van der Waals surface area contributed by atoms with Gasteiger partial charge < -0.3 is 0 Å². The van der Waals surface area contributed by atoms with Gasteiger partial charge in [-0.15, -0.1) is 0 Å². The highest BCUT2D eigenvalue weighted by molar-refractivity contribution is 5.82. The molecule has 0 spiro atoms. The molecule has 2 heteroatoms. The monoisotopic (exact) mass is 310 g/mol. The van der Waals surface area contributed by atoms with Crippen LogP contribution >= 0.6 is 0 Å². The van der Waals surface area contributed by atoms with Crippen molar-refractivity contribution in [3.8, 4) is 22.4 Å². The van der Waals surface area contributed by atoms with E-state index >= 15 is 0 Å². The van der Waals surface area contributed by atoms with Crippen molar-refractivity contribution in [2.75, 3.05) is 0 Å². The maximum Gasteiger partial charge on any atom is 0.0894 e. The first-order valence-electron chi connectivity index (χ1n) is 8.10. The summed E-state index contributed by atoms with van der Waals surface area (Å²) in [6, 6.07) is 23.2. The lowest BCUT2D eigenvalue weighted by Gasteiger charge is -2.06. The Hall–Kier alpha value is -3.00. The first-order valence-corrected chi connectivity index (χ1v) is 8.10. The molecule has 0 aliphatic rings. The van der Waals surface area contributed by atoms with Crippen LogP contribution in [0.25, 0.3) is 33.4 Å². The molecule has 0 saturated heterocycles. The van der Waals surface area contributed by atoms with E-state index < -0.39 is 0 Å². The molecule has 2 nitrogen and oxygen atoms in total. The van der Waals surface area contributed by atoms with E-state index in [0.29, 0.717) is 0 Å². The zero-order valence-electron chi connectivity index (χ0n) is 13.8. The molecule has 0 aliphatic carbocycles. The Bertz CT molecular complexity index is 915. The largest absolute Gasteiger partial charge is 0.252 e. The van der Waals surface area contributed by atoms with Crippen molar-refractivity contribution in [3.05, 3.63) is 84.1 Å². The normalized spacial score (nSPS) is 10.9. The number of aryl methyl sites for hydroxylation is 2. The third kappa shape index (κ3) is 2.79. The topological polar surface area (TPSA) is 25.8 Å². The molecule has 0 amide bonds. The minimum Gasteiger partial charge on any atom is -0.252 e. The molecule has 24 heavy (non-hydrogen) atoms. The number of hydrogen-bond donors (Lipinski definition) is 0. The van der Waals surface area contributed by atoms with Crippen LogP contribution in [0.1, 0.15) is 11.1 Å². The molecule has 0 N–H and O–H groups in total. The molecule has 0 radical (unpaired) electrons. The van der Waals surface area contributed by atoms with E-state index in [1.54, 1.807) is 0 Å². The lowest BCUT2D eigenvalue weighted by molar-refractivity contribution is 1.29. The van der Waals surface area contributed by atoms with Crippen molar-refractivity contribution in [2.24, 2.45) is 0 Å². The molecule has 0 atom stereocenters. The van der Waals surface area contributed by atoms with Crippen molar-refractivity contribution >= 4 is 11.0 Å². The summed E-state index contributed by atoms with van der Waals surface area (Å²) < 4.78 is 0. The molecular formula is C22H18N2. The van der Waals surface area contributed by atoms with Crippen LogP contribution in [0.4, 0.5) is 0 Å². The van der Waals surface area contributed by atoms with Crippen molar-refractivity contribution in [1.29, 1.82) is 0 Å². The minimum absolute atomic E-state index is 0.908. The fourth-order valence-corrected chi connectivity index (χ4v) is 2.80. The Morgan fingerprint density at radius 2 is 1.17 bits per heavy atom. The van der Waals surface area contributed by atoms with Crippen LogP contribution < -0.4 is 0 Å². The van der Waals surface area contributed by atoms with Gasteiger partial charge in [0, 0.05) is 5.56 Å². The first-order chi connectivity index (χ1) is 11.7. The second kappa shape index (κ2) is 5.89. The Morgan fingerprint density at radius 1 is 0.583 bits per heavy atom. The summed E-state index contributed by atoms with van der Waals surface area (Å²) in [5, 5.41) is 0. The maximum absolute atomic E-state index is 4.76. The van der Waals surface area contributed by atoms with Gasteiger partial charge in [-0.25, -0.2) is 4.98 Å². The van der Waals surface area contributed by atoms with Gasteiger partial charge in [0.05, 0.1) is 22.9 Å². The van der Waals surface area contributed by atoms with Crippen molar-refractivity contribution in [1.82, 2.24) is 9.97 Å². The van der Waals surface area contributed by atoms with Crippen LogP contribution in [0.15, 0.2) is 72.9 Å². The van der Waals surface area contributed by atoms with Crippen LogP contribution in [-0.4, -0.2) is 9.97 Å². The SMILES string of the molecule is Cc1ccc(-c2ccc3nc(-c4ccc(C)cc4)cnc3c2)cc1. The summed E-state index contributed by atoms with van der Waals surface area (Å²) in [5.41, 5.74) is 8.72. The van der Waals surface area contributed by atoms with Crippen molar-refractivity contribution < 1.29 is 0 Å². The molecule has 4 rings (SSSR count). The van der Waals surface area contributed by atoms with Crippen molar-refractivity contribution in [3.63, 3.8) is 0 Å². The molecule has 0 fully saturated rings. The molecule has 0 bridgehead atoms. The van der Waals surface area contributed by atoms with Crippen LogP contribution in [0, 0.1) is 13.8 Å². The molecule has 1 aromatic heterocycles. The standard InChI is InChI=1S/C22H18N2/c1-15-3-7-17(8-4-15)19-11-12-20-21(13-19)23-14-22(24-20)18-9-5-16(2)6-10-18/h3-14H,1-2H3. The second-order valence-electron chi connectivity index (χ2n) is 6.19. The molecule has 3 aromatic carbocycles. The Labute approximate surface area is 141 Å². The molecule has 0 aliphatic heterocycles. The summed E-state index contributed by atoms with van der Waals surface area (Å²) in [6.07, 6.45) is 1.85. The van der Waals surface area contributed by atoms with E-state index in [1.807, 2.05) is 6.20 Å². The zero-order valence-corrected chi connectivity index (χ0v) is 13.8. The van der Waals surface area contributed by atoms with E-state index in [9.17, 15) is 0 Å². The smallest absolute Gasteiger partial charge is 0.0894 e. The third-order valence-electron chi connectivity index (χ3n) is 4.27. The highest BCUT2D eigenvalue weighted by Gasteiger charge is 2.05. The maximum atomic E-state index is 4.76. The number of rotatable bonds is 2. The predicted molar refractivity (Wildman–Crippen MR) is 99.9 cm³/mol. The Kier molecular flexibility index (Phi) is 3.58. The summed E-state index contributed by atoms with van der Waals surface area (Å²) in [6.45, 7) is 4.19. The molecular weight excluding hydrogens is 292 g/mol. The molecule has 0 saturated carbocycles. The van der Waals surface area contributed by atoms with Crippen LogP contribution in [-0.2, 0) is 0 Å². The summed E-state index contributed by atoms with van der Waals surface area (Å²) in [7, 11) is 0. The number of nitrogens with zero attached hydrogens (tertiary/aromatic N) is 2. The van der Waals surface area contributed by atoms with Gasteiger partial charge in [0.15, 0.2) is 0 Å². The highest BCUT2D eigenvalue weighted by atomic mass is 14.8. The quantitative estimate of drug-likeness (QED) is 0.483. The van der Waals surface area contributed by atoms with E-state index in [-0.39, 0.29) is 0 Å². The third-order valence-corrected chi connectivity index (χ3v) is 4.27. The summed E-state index contributed by atoms with van der Waals surface area (Å²) in [5.74, 6) is 0. The number of benzene rings is 3. The number of hydrogen-bond acceptors (Lipinski definition) is 2. The van der Waals surface area contributed by atoms with Crippen molar-refractivity contribution in [2.45, 2.75) is 13.8 Å². The van der Waals surface area contributed by atoms with Crippen LogP contribution in [0.5, 0.6) is 0 Å². The second-order valence-corrected chi connectivity index (χ2v) is 6.19. The minimum atomic E-state index is 0.908. The fourth-order valence-electron chi connectivity index (χ4n) is 2.80. The lowest BCUT2D eigenvalue weighted by atomic mass is 10.0. The van der Waals surface area contributed by atoms with Crippen LogP contribution in [0.3, 0.4) is 0 Å². The van der Waals surface area contributed by atoms with Crippen LogP contribution in [0.2, 0.25) is 0 Å². The Morgan fingerprint density at radius 3 is 1.83 bits per heavy atom. The molecule has 4 aromatic rings. The highest BCUT2D eigenvalue weighted by Crippen LogP contribution is 2.25. The molecule has 0 unspecified atom stereocenters. The van der Waals surface area contributed by atoms with Gasteiger partial charge in [0.2, 0.25) is 0 Å². The molecule has 1 heterocycles. The van der Waals surface area contributed by atoms with Gasteiger partial charge in [0.25, 0.3) is 0 Å². The average Bonchev–Trinajstić information content (AvgIpc) is 2.62. The Balaban J connectivity index is 1.75. The van der Waals surface area contributed by atoms with Gasteiger partial charge in [-0.3, -0.25) is 4.98 Å². The van der Waals surface area contributed by atoms with E-state index in [1.165, 1.54) is 22.3 Å². The predicted octanol–water partition coefficient (Wildman–Crippen LogP) is 5.58. The van der Waals surface area contributed by atoms with E-state index in [2.05, 4.69) is 85.6 Å². The zero-order chi connectivity index (χ0) is 16.5. The first kappa shape index (κ1) is 14.6. The fraction of sp³-hybridized carbons (Fsp3) is 0.0909. The number of aromatic nitrogens is 2. The number of fused-ring (bicyclic) bond motifs is 1. The lowest BCUT2D eigenvalue weighted by Crippen LogP contribution is -1.89. The van der Waals surface area contributed by atoms with Gasteiger partial charge in [-0.1, -0.05) is 65.7 Å². The summed E-state index contributed by atoms with van der Waals surface area (Å²) >= 11 is 0. The van der Waals surface area contributed by atoms with Gasteiger partial charge in [-0.05, 0) is 37.1 Å². The van der Waals surface area contributed by atoms with Gasteiger partial charge in [0.1, 0.15) is 0 Å². The van der Waals surface area contributed by atoms with Gasteiger partial charge >= 0.3 is 0 Å². The molecule has 116 valence electrons. The van der Waals surface area contributed by atoms with E-state index in [4.69, 9.17) is 4.98 Å². The summed E-state index contributed by atoms with van der Waals surface area (Å²) in [4.78, 5) is 9.38. The van der Waals surface area contributed by atoms with E-state index in [0.717, 1.165) is 22.3 Å².